The molecule has 0 amide bonds. The van der Waals surface area contributed by atoms with Gasteiger partial charge >= 0.3 is 0 Å². The number of halogens is 1. The van der Waals surface area contributed by atoms with Crippen molar-refractivity contribution in [3.8, 4) is 0 Å². The molecule has 0 heterocycles. The van der Waals surface area contributed by atoms with Crippen LogP contribution in [0.4, 0.5) is 4.39 Å². The van der Waals surface area contributed by atoms with Gasteiger partial charge in [-0.3, -0.25) is 11.3 Å². The fourth-order valence-corrected chi connectivity index (χ4v) is 1.50. The Bertz CT molecular complexity index is 318. The maximum Gasteiger partial charge on any atom is 0.126 e. The molecule has 0 aliphatic heterocycles. The maximum absolute atomic E-state index is 13.4. The molecule has 1 atom stereocenters. The van der Waals surface area contributed by atoms with Gasteiger partial charge in [0.15, 0.2) is 0 Å². The van der Waals surface area contributed by atoms with E-state index >= 15 is 0 Å². The van der Waals surface area contributed by atoms with E-state index in [9.17, 15) is 4.39 Å². The summed E-state index contributed by atoms with van der Waals surface area (Å²) < 4.78 is 13.4. The molecule has 0 saturated carbocycles. The second-order valence-corrected chi connectivity index (χ2v) is 4.88. The molecular formula is C12H19FN2. The van der Waals surface area contributed by atoms with E-state index in [1.54, 1.807) is 12.1 Å². The molecule has 1 rings (SSSR count). The maximum atomic E-state index is 13.4. The molecule has 3 heteroatoms. The van der Waals surface area contributed by atoms with Gasteiger partial charge in [0.25, 0.3) is 0 Å². The highest BCUT2D eigenvalue weighted by atomic mass is 19.1. The third-order valence-electron chi connectivity index (χ3n) is 2.63. The van der Waals surface area contributed by atoms with E-state index in [-0.39, 0.29) is 17.3 Å². The number of nitrogens with one attached hydrogen (secondary N) is 1. The molecule has 84 valence electrons. The third-order valence-corrected chi connectivity index (χ3v) is 2.63. The van der Waals surface area contributed by atoms with E-state index in [0.29, 0.717) is 12.0 Å². The first-order valence-corrected chi connectivity index (χ1v) is 5.14. The number of hydrogen-bond donors (Lipinski definition) is 2. The van der Waals surface area contributed by atoms with Crippen molar-refractivity contribution in [2.24, 2.45) is 11.3 Å². The van der Waals surface area contributed by atoms with Gasteiger partial charge in [0.1, 0.15) is 5.82 Å². The lowest BCUT2D eigenvalue weighted by Crippen LogP contribution is -2.45. The minimum Gasteiger partial charge on any atom is -0.271 e. The zero-order chi connectivity index (χ0) is 11.5. The summed E-state index contributed by atoms with van der Waals surface area (Å²) in [6.45, 7) is 6.25. The van der Waals surface area contributed by atoms with Crippen molar-refractivity contribution >= 4 is 0 Å². The largest absolute Gasteiger partial charge is 0.271 e. The highest BCUT2D eigenvalue weighted by Crippen LogP contribution is 2.22. The molecule has 1 aromatic rings. The van der Waals surface area contributed by atoms with Crippen LogP contribution in [0.1, 0.15) is 26.3 Å². The molecule has 15 heavy (non-hydrogen) atoms. The number of nitrogens with two attached hydrogens (primary N) is 1. The fourth-order valence-electron chi connectivity index (χ4n) is 1.50. The van der Waals surface area contributed by atoms with Crippen molar-refractivity contribution in [1.82, 2.24) is 5.43 Å². The molecular weight excluding hydrogens is 191 g/mol. The lowest BCUT2D eigenvalue weighted by atomic mass is 9.83. The molecule has 0 fully saturated rings. The molecule has 0 aliphatic rings. The van der Waals surface area contributed by atoms with E-state index in [1.165, 1.54) is 6.07 Å². The van der Waals surface area contributed by atoms with Crippen molar-refractivity contribution in [2.45, 2.75) is 33.2 Å². The van der Waals surface area contributed by atoms with Crippen LogP contribution in [0.25, 0.3) is 0 Å². The van der Waals surface area contributed by atoms with Gasteiger partial charge in [0.05, 0.1) is 0 Å². The molecule has 0 saturated heterocycles. The van der Waals surface area contributed by atoms with Crippen LogP contribution >= 0.6 is 0 Å². The second kappa shape index (κ2) is 4.73. The Balaban J connectivity index is 2.80. The molecule has 3 N–H and O–H groups in total. The van der Waals surface area contributed by atoms with Gasteiger partial charge in [-0.05, 0) is 23.5 Å². The van der Waals surface area contributed by atoms with Crippen LogP contribution in [-0.2, 0) is 6.42 Å². The van der Waals surface area contributed by atoms with Crippen molar-refractivity contribution in [3.63, 3.8) is 0 Å². The lowest BCUT2D eigenvalue weighted by Gasteiger charge is -2.30. The second-order valence-electron chi connectivity index (χ2n) is 4.88. The highest BCUT2D eigenvalue weighted by Gasteiger charge is 2.24. The Hall–Kier alpha value is -0.930. The zero-order valence-electron chi connectivity index (χ0n) is 9.55. The molecule has 2 nitrogen and oxygen atoms in total. The SMILES string of the molecule is CC(C)(C)C(Cc1ccccc1F)NN. The van der Waals surface area contributed by atoms with Crippen LogP contribution in [0.5, 0.6) is 0 Å². The smallest absolute Gasteiger partial charge is 0.126 e. The summed E-state index contributed by atoms with van der Waals surface area (Å²) in [5.41, 5.74) is 3.47. The van der Waals surface area contributed by atoms with Gasteiger partial charge < -0.3 is 0 Å². The molecule has 0 aliphatic carbocycles. The average molecular weight is 210 g/mol. The van der Waals surface area contributed by atoms with Crippen LogP contribution in [0.2, 0.25) is 0 Å². The highest BCUT2D eigenvalue weighted by molar-refractivity contribution is 5.18. The van der Waals surface area contributed by atoms with E-state index in [0.717, 1.165) is 0 Å². The number of rotatable bonds is 3. The van der Waals surface area contributed by atoms with Gasteiger partial charge in [-0.25, -0.2) is 4.39 Å². The number of hydrazine groups is 1. The lowest BCUT2D eigenvalue weighted by molar-refractivity contribution is 0.267. The van der Waals surface area contributed by atoms with Crippen LogP contribution in [0.15, 0.2) is 24.3 Å². The topological polar surface area (TPSA) is 38.0 Å². The molecule has 1 unspecified atom stereocenters. The first kappa shape index (κ1) is 12.1. The molecule has 0 aromatic heterocycles. The first-order valence-electron chi connectivity index (χ1n) is 5.14. The number of benzene rings is 1. The summed E-state index contributed by atoms with van der Waals surface area (Å²) in [7, 11) is 0. The van der Waals surface area contributed by atoms with Gasteiger partial charge in [0, 0.05) is 6.04 Å². The van der Waals surface area contributed by atoms with Gasteiger partial charge in [0.2, 0.25) is 0 Å². The van der Waals surface area contributed by atoms with Gasteiger partial charge in [-0.15, -0.1) is 0 Å². The standard InChI is InChI=1S/C12H19FN2/c1-12(2,3)11(15-14)8-9-6-4-5-7-10(9)13/h4-7,11,15H,8,14H2,1-3H3. The molecule has 0 bridgehead atoms. The predicted octanol–water partition coefficient (Wildman–Crippen LogP) is 2.25. The Morgan fingerprint density at radius 2 is 1.93 bits per heavy atom. The molecule has 1 aromatic carbocycles. The Morgan fingerprint density at radius 1 is 1.33 bits per heavy atom. The monoisotopic (exact) mass is 210 g/mol. The van der Waals surface area contributed by atoms with E-state index in [4.69, 9.17) is 5.84 Å². The molecule has 0 spiro atoms. The van der Waals surface area contributed by atoms with Crippen molar-refractivity contribution in [3.05, 3.63) is 35.6 Å². The van der Waals surface area contributed by atoms with E-state index in [2.05, 4.69) is 26.2 Å². The van der Waals surface area contributed by atoms with Crippen LogP contribution in [-0.4, -0.2) is 6.04 Å². The Labute approximate surface area is 90.6 Å². The summed E-state index contributed by atoms with van der Waals surface area (Å²) in [6, 6.07) is 6.88. The minimum atomic E-state index is -0.165. The summed E-state index contributed by atoms with van der Waals surface area (Å²) in [6.07, 6.45) is 0.604. The van der Waals surface area contributed by atoms with Crippen molar-refractivity contribution in [2.75, 3.05) is 0 Å². The summed E-state index contributed by atoms with van der Waals surface area (Å²) in [4.78, 5) is 0. The van der Waals surface area contributed by atoms with E-state index < -0.39 is 0 Å². The predicted molar refractivity (Wildman–Crippen MR) is 60.7 cm³/mol. The van der Waals surface area contributed by atoms with Gasteiger partial charge in [-0.1, -0.05) is 39.0 Å². The van der Waals surface area contributed by atoms with Crippen LogP contribution < -0.4 is 11.3 Å². The number of hydrogen-bond acceptors (Lipinski definition) is 2. The minimum absolute atomic E-state index is 0.0109. The van der Waals surface area contributed by atoms with Gasteiger partial charge in [-0.2, -0.15) is 0 Å². The summed E-state index contributed by atoms with van der Waals surface area (Å²) in [5, 5.41) is 0. The Kier molecular flexibility index (Phi) is 3.83. The van der Waals surface area contributed by atoms with Crippen molar-refractivity contribution < 1.29 is 4.39 Å². The molecule has 0 radical (unpaired) electrons. The van der Waals surface area contributed by atoms with Crippen LogP contribution in [0.3, 0.4) is 0 Å². The fraction of sp³-hybridized carbons (Fsp3) is 0.500. The summed E-state index contributed by atoms with van der Waals surface area (Å²) in [5.74, 6) is 5.32. The average Bonchev–Trinajstić information content (AvgIpc) is 2.14. The zero-order valence-corrected chi connectivity index (χ0v) is 9.55. The summed E-state index contributed by atoms with van der Waals surface area (Å²) >= 11 is 0. The normalized spacial score (nSPS) is 13.9. The first-order chi connectivity index (χ1) is 6.95. The quantitative estimate of drug-likeness (QED) is 0.593. The Morgan fingerprint density at radius 3 is 2.40 bits per heavy atom. The van der Waals surface area contributed by atoms with Crippen molar-refractivity contribution in [1.29, 1.82) is 0 Å². The van der Waals surface area contributed by atoms with E-state index in [1.807, 2.05) is 6.07 Å². The van der Waals surface area contributed by atoms with Crippen LogP contribution in [0, 0.1) is 11.2 Å². The third kappa shape index (κ3) is 3.29.